The first-order chi connectivity index (χ1) is 7.42. The Labute approximate surface area is 97.9 Å². The van der Waals surface area contributed by atoms with Crippen LogP contribution in [0.25, 0.3) is 0 Å². The van der Waals surface area contributed by atoms with Crippen molar-refractivity contribution in [2.45, 2.75) is 38.8 Å². The second-order valence-corrected chi connectivity index (χ2v) is 6.67. The lowest BCUT2D eigenvalue weighted by molar-refractivity contribution is 0.108. The van der Waals surface area contributed by atoms with Crippen molar-refractivity contribution in [1.29, 1.82) is 0 Å². The third-order valence-corrected chi connectivity index (χ3v) is 4.50. The van der Waals surface area contributed by atoms with Gasteiger partial charge in [-0.25, -0.2) is 8.42 Å². The van der Waals surface area contributed by atoms with Crippen LogP contribution >= 0.6 is 0 Å². The Balaban J connectivity index is 2.43. The van der Waals surface area contributed by atoms with Gasteiger partial charge in [-0.2, -0.15) is 4.31 Å². The summed E-state index contributed by atoms with van der Waals surface area (Å²) in [4.78, 5) is 0. The van der Waals surface area contributed by atoms with Gasteiger partial charge in [-0.15, -0.1) is 0 Å². The van der Waals surface area contributed by atoms with Gasteiger partial charge in [-0.1, -0.05) is 13.8 Å². The van der Waals surface area contributed by atoms with Crippen molar-refractivity contribution in [2.75, 3.05) is 25.4 Å². The Morgan fingerprint density at radius 1 is 1.50 bits per heavy atom. The molecule has 5 nitrogen and oxygen atoms in total. The van der Waals surface area contributed by atoms with Crippen LogP contribution in [0.3, 0.4) is 0 Å². The van der Waals surface area contributed by atoms with Gasteiger partial charge >= 0.3 is 0 Å². The van der Waals surface area contributed by atoms with E-state index in [1.165, 1.54) is 4.31 Å². The smallest absolute Gasteiger partial charge is 0.215 e. The van der Waals surface area contributed by atoms with Crippen LogP contribution in [-0.4, -0.2) is 55.4 Å². The molecule has 0 radical (unpaired) electrons. The second-order valence-electron chi connectivity index (χ2n) is 4.58. The van der Waals surface area contributed by atoms with E-state index in [0.717, 1.165) is 6.42 Å². The fraction of sp³-hybridized carbons (Fsp3) is 1.00. The van der Waals surface area contributed by atoms with Crippen molar-refractivity contribution in [3.63, 3.8) is 0 Å². The van der Waals surface area contributed by atoms with Crippen LogP contribution in [0.5, 0.6) is 0 Å². The van der Waals surface area contributed by atoms with Crippen LogP contribution in [-0.2, 0) is 10.0 Å². The lowest BCUT2D eigenvalue weighted by atomic mass is 10.1. The minimum Gasteiger partial charge on any atom is -0.392 e. The Bertz CT molecular complexity index is 303. The number of aliphatic hydroxyl groups excluding tert-OH is 1. The summed E-state index contributed by atoms with van der Waals surface area (Å²) in [6, 6.07) is 0.294. The van der Waals surface area contributed by atoms with Gasteiger partial charge in [-0.05, 0) is 12.8 Å². The molecule has 0 spiro atoms. The molecule has 6 heteroatoms. The molecule has 0 amide bonds. The molecule has 1 rings (SSSR count). The SMILES string of the molecule is CC(C)NCCS(=O)(=O)N1CCCC(O)C1. The number of piperidine rings is 1. The highest BCUT2D eigenvalue weighted by Crippen LogP contribution is 2.13. The molecule has 0 aromatic carbocycles. The van der Waals surface area contributed by atoms with Gasteiger partial charge in [0.1, 0.15) is 0 Å². The average molecular weight is 250 g/mol. The maximum atomic E-state index is 11.9. The lowest BCUT2D eigenvalue weighted by Crippen LogP contribution is -2.44. The van der Waals surface area contributed by atoms with Gasteiger partial charge in [0.2, 0.25) is 10.0 Å². The van der Waals surface area contributed by atoms with Crippen molar-refractivity contribution >= 4 is 10.0 Å². The normalized spacial score (nSPS) is 23.9. The summed E-state index contributed by atoms with van der Waals surface area (Å²) in [5.41, 5.74) is 0. The minimum absolute atomic E-state index is 0.109. The number of nitrogens with one attached hydrogen (secondary N) is 1. The zero-order valence-corrected chi connectivity index (χ0v) is 10.8. The fourth-order valence-corrected chi connectivity index (χ4v) is 3.22. The third kappa shape index (κ3) is 4.37. The molecular formula is C10H22N2O3S. The maximum absolute atomic E-state index is 11.9. The summed E-state index contributed by atoms with van der Waals surface area (Å²) in [6.07, 6.45) is 0.954. The number of hydrogen-bond acceptors (Lipinski definition) is 4. The Morgan fingerprint density at radius 3 is 2.75 bits per heavy atom. The highest BCUT2D eigenvalue weighted by molar-refractivity contribution is 7.89. The molecule has 1 aliphatic heterocycles. The molecule has 1 saturated heterocycles. The molecule has 1 heterocycles. The van der Waals surface area contributed by atoms with Crippen molar-refractivity contribution in [3.8, 4) is 0 Å². The first kappa shape index (κ1) is 13.9. The van der Waals surface area contributed by atoms with Crippen LogP contribution < -0.4 is 5.32 Å². The van der Waals surface area contributed by atoms with Crippen molar-refractivity contribution in [1.82, 2.24) is 9.62 Å². The molecule has 1 atom stereocenters. The molecular weight excluding hydrogens is 228 g/mol. The molecule has 0 aromatic rings. The first-order valence-electron chi connectivity index (χ1n) is 5.81. The zero-order valence-electron chi connectivity index (χ0n) is 10.0. The van der Waals surface area contributed by atoms with Crippen LogP contribution in [0.15, 0.2) is 0 Å². The highest BCUT2D eigenvalue weighted by Gasteiger charge is 2.27. The molecule has 0 bridgehead atoms. The quantitative estimate of drug-likeness (QED) is 0.707. The van der Waals surface area contributed by atoms with E-state index < -0.39 is 16.1 Å². The number of β-amino-alcohol motifs (C(OH)–C–C–N with tert-alkyl or cyclic N) is 1. The number of sulfonamides is 1. The Hall–Kier alpha value is -0.170. The lowest BCUT2D eigenvalue weighted by Gasteiger charge is -2.29. The van der Waals surface area contributed by atoms with E-state index in [1.54, 1.807) is 0 Å². The molecule has 0 aliphatic carbocycles. The van der Waals surface area contributed by atoms with Gasteiger partial charge in [-0.3, -0.25) is 0 Å². The molecule has 0 saturated carbocycles. The monoisotopic (exact) mass is 250 g/mol. The summed E-state index contributed by atoms with van der Waals surface area (Å²) in [6.45, 7) is 5.23. The van der Waals surface area contributed by atoms with Crippen LogP contribution in [0.2, 0.25) is 0 Å². The first-order valence-corrected chi connectivity index (χ1v) is 7.42. The maximum Gasteiger partial charge on any atom is 0.215 e. The molecule has 1 aliphatic rings. The fourth-order valence-electron chi connectivity index (χ4n) is 1.78. The summed E-state index contributed by atoms with van der Waals surface area (Å²) < 4.78 is 25.2. The third-order valence-electron chi connectivity index (χ3n) is 2.67. The summed E-state index contributed by atoms with van der Waals surface area (Å²) in [7, 11) is -3.20. The molecule has 0 aromatic heterocycles. The topological polar surface area (TPSA) is 69.6 Å². The predicted octanol–water partition coefficient (Wildman–Crippen LogP) is -0.229. The Kier molecular flexibility index (Phi) is 5.17. The zero-order chi connectivity index (χ0) is 12.2. The highest BCUT2D eigenvalue weighted by atomic mass is 32.2. The average Bonchev–Trinajstić information content (AvgIpc) is 2.16. The largest absolute Gasteiger partial charge is 0.392 e. The van der Waals surface area contributed by atoms with Crippen LogP contribution in [0.1, 0.15) is 26.7 Å². The molecule has 1 fully saturated rings. The van der Waals surface area contributed by atoms with Crippen molar-refractivity contribution in [2.24, 2.45) is 0 Å². The van der Waals surface area contributed by atoms with E-state index >= 15 is 0 Å². The molecule has 2 N–H and O–H groups in total. The number of nitrogens with zero attached hydrogens (tertiary/aromatic N) is 1. The van der Waals surface area contributed by atoms with Gasteiger partial charge in [0.25, 0.3) is 0 Å². The summed E-state index contributed by atoms with van der Waals surface area (Å²) in [5, 5.41) is 12.5. The van der Waals surface area contributed by atoms with Crippen LogP contribution in [0, 0.1) is 0 Å². The summed E-state index contributed by atoms with van der Waals surface area (Å²) in [5.74, 6) is 0.109. The van der Waals surface area contributed by atoms with E-state index in [1.807, 2.05) is 13.8 Å². The molecule has 96 valence electrons. The predicted molar refractivity (Wildman–Crippen MR) is 63.7 cm³/mol. The van der Waals surface area contributed by atoms with E-state index in [9.17, 15) is 13.5 Å². The van der Waals surface area contributed by atoms with E-state index in [2.05, 4.69) is 5.32 Å². The Morgan fingerprint density at radius 2 is 2.19 bits per heavy atom. The standard InChI is InChI=1S/C10H22N2O3S/c1-9(2)11-5-7-16(14,15)12-6-3-4-10(13)8-12/h9-11,13H,3-8H2,1-2H3. The van der Waals surface area contributed by atoms with Gasteiger partial charge in [0, 0.05) is 25.7 Å². The van der Waals surface area contributed by atoms with E-state index in [-0.39, 0.29) is 12.3 Å². The van der Waals surface area contributed by atoms with Crippen molar-refractivity contribution in [3.05, 3.63) is 0 Å². The van der Waals surface area contributed by atoms with Crippen LogP contribution in [0.4, 0.5) is 0 Å². The molecule has 16 heavy (non-hydrogen) atoms. The number of rotatable bonds is 5. The second kappa shape index (κ2) is 5.95. The number of aliphatic hydroxyl groups is 1. The van der Waals surface area contributed by atoms with Gasteiger partial charge < -0.3 is 10.4 Å². The summed E-state index contributed by atoms with van der Waals surface area (Å²) >= 11 is 0. The van der Waals surface area contributed by atoms with Gasteiger partial charge in [0.05, 0.1) is 11.9 Å². The van der Waals surface area contributed by atoms with E-state index in [4.69, 9.17) is 0 Å². The van der Waals surface area contributed by atoms with Gasteiger partial charge in [0.15, 0.2) is 0 Å². The molecule has 1 unspecified atom stereocenters. The van der Waals surface area contributed by atoms with E-state index in [0.29, 0.717) is 25.6 Å². The minimum atomic E-state index is -3.20. The van der Waals surface area contributed by atoms with Crippen molar-refractivity contribution < 1.29 is 13.5 Å². The number of hydrogen-bond donors (Lipinski definition) is 2.